The number of nitrogens with one attached hydrogen (secondary N) is 2. The van der Waals surface area contributed by atoms with Gasteiger partial charge in [0.05, 0.1) is 6.10 Å². The minimum atomic E-state index is -0.306. The summed E-state index contributed by atoms with van der Waals surface area (Å²) in [5.41, 5.74) is 0.733. The Morgan fingerprint density at radius 3 is 2.60 bits per heavy atom. The number of carbonyl (C=O) groups excluding carboxylic acids is 1. The number of amides is 1. The third-order valence-electron chi connectivity index (χ3n) is 5.71. The van der Waals surface area contributed by atoms with E-state index < -0.39 is 0 Å². The predicted molar refractivity (Wildman–Crippen MR) is 116 cm³/mol. The molecule has 7 heteroatoms. The maximum absolute atomic E-state index is 12.4. The number of aromatic nitrogens is 3. The van der Waals surface area contributed by atoms with Crippen molar-refractivity contribution < 1.29 is 9.53 Å². The molecule has 1 saturated carbocycles. The second kappa shape index (κ2) is 10.9. The number of carbonyl (C=O) groups is 1. The topological polar surface area (TPSA) is 97.0 Å². The molecule has 1 aromatic carbocycles. The molecule has 1 aliphatic carbocycles. The second-order valence-electron chi connectivity index (χ2n) is 8.12. The number of ether oxygens (including phenoxy) is 1. The van der Waals surface area contributed by atoms with E-state index in [2.05, 4.69) is 27.4 Å². The van der Waals surface area contributed by atoms with Crippen molar-refractivity contribution >= 4 is 5.91 Å². The van der Waals surface area contributed by atoms with Crippen molar-refractivity contribution in [2.24, 2.45) is 5.92 Å². The highest BCUT2D eigenvalue weighted by atomic mass is 16.5. The van der Waals surface area contributed by atoms with Gasteiger partial charge in [-0.25, -0.2) is 0 Å². The van der Waals surface area contributed by atoms with Crippen LogP contribution in [0.3, 0.4) is 0 Å². The number of benzene rings is 1. The summed E-state index contributed by atoms with van der Waals surface area (Å²) in [5, 5.41) is 11.2. The Morgan fingerprint density at radius 2 is 1.93 bits per heavy atom. The van der Waals surface area contributed by atoms with E-state index in [1.54, 1.807) is 0 Å². The molecule has 3 rings (SSSR count). The van der Waals surface area contributed by atoms with Gasteiger partial charge in [0.1, 0.15) is 11.4 Å². The molecule has 1 fully saturated rings. The molecular formula is C23H32N4O3. The highest BCUT2D eigenvalue weighted by Crippen LogP contribution is 2.23. The molecule has 0 radical (unpaired) electrons. The van der Waals surface area contributed by atoms with E-state index in [0.717, 1.165) is 24.3 Å². The molecule has 1 atom stereocenters. The Morgan fingerprint density at radius 1 is 1.20 bits per heavy atom. The zero-order chi connectivity index (χ0) is 21.3. The lowest BCUT2D eigenvalue weighted by Crippen LogP contribution is -2.31. The zero-order valence-electron chi connectivity index (χ0n) is 17.9. The van der Waals surface area contributed by atoms with Gasteiger partial charge in [0, 0.05) is 24.9 Å². The summed E-state index contributed by atoms with van der Waals surface area (Å²) in [7, 11) is 0. The van der Waals surface area contributed by atoms with Gasteiger partial charge in [-0.2, -0.15) is 0 Å². The van der Waals surface area contributed by atoms with Crippen LogP contribution >= 0.6 is 0 Å². The first kappa shape index (κ1) is 22.0. The first-order valence-electron chi connectivity index (χ1n) is 11.0. The lowest BCUT2D eigenvalue weighted by Gasteiger charge is -2.21. The maximum Gasteiger partial charge on any atom is 0.273 e. The highest BCUT2D eigenvalue weighted by molar-refractivity contribution is 5.76. The third kappa shape index (κ3) is 6.40. The van der Waals surface area contributed by atoms with E-state index in [1.165, 1.54) is 32.1 Å². The van der Waals surface area contributed by atoms with Crippen LogP contribution in [0.2, 0.25) is 0 Å². The van der Waals surface area contributed by atoms with Crippen LogP contribution in [0, 0.1) is 5.92 Å². The number of hydrogen-bond donors (Lipinski definition) is 2. The van der Waals surface area contributed by atoms with Crippen LogP contribution < -0.4 is 15.6 Å². The molecular weight excluding hydrogens is 380 g/mol. The minimum absolute atomic E-state index is 0.0391. The van der Waals surface area contributed by atoms with E-state index in [1.807, 2.05) is 31.2 Å². The molecule has 30 heavy (non-hydrogen) atoms. The summed E-state index contributed by atoms with van der Waals surface area (Å²) in [4.78, 5) is 27.2. The van der Waals surface area contributed by atoms with E-state index >= 15 is 0 Å². The summed E-state index contributed by atoms with van der Waals surface area (Å²) < 4.78 is 5.76. The fraction of sp³-hybridized carbons (Fsp3) is 0.565. The quantitative estimate of drug-likeness (QED) is 0.655. The van der Waals surface area contributed by atoms with Gasteiger partial charge >= 0.3 is 0 Å². The molecule has 0 saturated heterocycles. The first-order chi connectivity index (χ1) is 14.5. The lowest BCUT2D eigenvalue weighted by molar-refractivity contribution is -0.121. The summed E-state index contributed by atoms with van der Waals surface area (Å²) in [6, 6.07) is 7.39. The second-order valence-corrected chi connectivity index (χ2v) is 8.12. The number of nitrogens with zero attached hydrogens (tertiary/aromatic N) is 2. The normalized spacial score (nSPS) is 15.5. The van der Waals surface area contributed by atoms with Crippen LogP contribution in [-0.2, 0) is 11.2 Å². The molecule has 1 aromatic heterocycles. The number of aryl methyl sites for hydroxylation is 1. The van der Waals surface area contributed by atoms with Crippen LogP contribution in [0.15, 0.2) is 29.1 Å². The first-order valence-corrected chi connectivity index (χ1v) is 11.0. The zero-order valence-corrected chi connectivity index (χ0v) is 17.9. The van der Waals surface area contributed by atoms with Crippen molar-refractivity contribution in [3.8, 4) is 17.1 Å². The Kier molecular flexibility index (Phi) is 7.99. The standard InChI is InChI=1S/C23H32N4O3/c1-3-16(2)30-19-11-9-18(10-12-19)22-25-23(29)20(26-27-22)13-14-21(28)24-15-17-7-5-4-6-8-17/h9-12,16-17H,3-8,13-15H2,1-2H3,(H,24,28)(H,25,27,29)/t16-/m1/s1. The lowest BCUT2D eigenvalue weighted by atomic mass is 9.89. The van der Waals surface area contributed by atoms with Crippen LogP contribution in [0.5, 0.6) is 5.75 Å². The average Bonchev–Trinajstić information content (AvgIpc) is 2.78. The molecule has 7 nitrogen and oxygen atoms in total. The minimum Gasteiger partial charge on any atom is -0.491 e. The van der Waals surface area contributed by atoms with Crippen molar-refractivity contribution in [2.45, 2.75) is 71.3 Å². The van der Waals surface area contributed by atoms with Crippen LogP contribution in [0.25, 0.3) is 11.4 Å². The Bertz CT molecular complexity index is 873. The van der Waals surface area contributed by atoms with Gasteiger partial charge in [-0.1, -0.05) is 26.2 Å². The van der Waals surface area contributed by atoms with Crippen LogP contribution in [0.4, 0.5) is 0 Å². The predicted octanol–water partition coefficient (Wildman–Crippen LogP) is 3.64. The Labute approximate surface area is 177 Å². The summed E-state index contributed by atoms with van der Waals surface area (Å²) in [5.74, 6) is 1.73. The van der Waals surface area contributed by atoms with Gasteiger partial charge in [0.25, 0.3) is 5.56 Å². The molecule has 1 aliphatic rings. The van der Waals surface area contributed by atoms with Crippen molar-refractivity contribution in [2.75, 3.05) is 6.54 Å². The van der Waals surface area contributed by atoms with Crippen molar-refractivity contribution in [1.29, 1.82) is 0 Å². The largest absolute Gasteiger partial charge is 0.491 e. The van der Waals surface area contributed by atoms with Gasteiger partial charge in [-0.05, 0) is 56.4 Å². The van der Waals surface area contributed by atoms with Gasteiger partial charge < -0.3 is 15.0 Å². The monoisotopic (exact) mass is 412 g/mol. The van der Waals surface area contributed by atoms with E-state index in [4.69, 9.17) is 4.74 Å². The van der Waals surface area contributed by atoms with E-state index in [-0.39, 0.29) is 36.1 Å². The maximum atomic E-state index is 12.4. The Balaban J connectivity index is 1.52. The van der Waals surface area contributed by atoms with Gasteiger partial charge in [0.2, 0.25) is 5.91 Å². The average molecular weight is 413 g/mol. The van der Waals surface area contributed by atoms with Crippen LogP contribution in [-0.4, -0.2) is 33.7 Å². The molecule has 1 amide bonds. The van der Waals surface area contributed by atoms with Gasteiger partial charge in [-0.15, -0.1) is 10.2 Å². The molecule has 2 N–H and O–H groups in total. The highest BCUT2D eigenvalue weighted by Gasteiger charge is 2.15. The molecule has 0 unspecified atom stereocenters. The van der Waals surface area contributed by atoms with Crippen LogP contribution in [0.1, 0.15) is 64.5 Å². The SMILES string of the molecule is CC[C@@H](C)Oc1ccc(-c2nnc(CCC(=O)NCC3CCCCC3)c(=O)[nH]2)cc1. The molecule has 0 aliphatic heterocycles. The fourth-order valence-electron chi connectivity index (χ4n) is 3.63. The number of hydrogen-bond acceptors (Lipinski definition) is 5. The molecule has 0 spiro atoms. The molecule has 0 bridgehead atoms. The van der Waals surface area contributed by atoms with Crippen molar-refractivity contribution in [3.63, 3.8) is 0 Å². The number of aromatic amines is 1. The van der Waals surface area contributed by atoms with E-state index in [9.17, 15) is 9.59 Å². The molecule has 1 heterocycles. The summed E-state index contributed by atoms with van der Waals surface area (Å²) in [6.45, 7) is 4.82. The summed E-state index contributed by atoms with van der Waals surface area (Å²) in [6.07, 6.45) is 7.80. The van der Waals surface area contributed by atoms with Crippen molar-refractivity contribution in [3.05, 3.63) is 40.3 Å². The third-order valence-corrected chi connectivity index (χ3v) is 5.71. The number of H-pyrrole nitrogens is 1. The summed E-state index contributed by atoms with van der Waals surface area (Å²) >= 11 is 0. The van der Waals surface area contributed by atoms with Crippen molar-refractivity contribution in [1.82, 2.24) is 20.5 Å². The molecule has 162 valence electrons. The van der Waals surface area contributed by atoms with E-state index in [0.29, 0.717) is 11.7 Å². The fourth-order valence-corrected chi connectivity index (χ4v) is 3.63. The Hall–Kier alpha value is -2.70. The van der Waals surface area contributed by atoms with Gasteiger partial charge in [-0.3, -0.25) is 9.59 Å². The molecule has 2 aromatic rings. The smallest absolute Gasteiger partial charge is 0.273 e. The number of rotatable bonds is 9. The van der Waals surface area contributed by atoms with Gasteiger partial charge in [0.15, 0.2) is 5.82 Å².